The van der Waals surface area contributed by atoms with Gasteiger partial charge in [0.15, 0.2) is 0 Å². The Labute approximate surface area is 290 Å². The van der Waals surface area contributed by atoms with Gasteiger partial charge in [0.05, 0.1) is 0 Å². The molecule has 0 saturated carbocycles. The van der Waals surface area contributed by atoms with Gasteiger partial charge in [0.2, 0.25) is 0 Å². The lowest BCUT2D eigenvalue weighted by Crippen LogP contribution is -1.89. The summed E-state index contributed by atoms with van der Waals surface area (Å²) < 4.78 is 0. The zero-order valence-electron chi connectivity index (χ0n) is 27.3. The van der Waals surface area contributed by atoms with E-state index in [4.69, 9.17) is 0 Å². The molecule has 10 aromatic carbocycles. The molecule has 0 aromatic heterocycles. The van der Waals surface area contributed by atoms with Crippen LogP contribution in [-0.4, -0.2) is 0 Å². The number of hydrogen-bond donors (Lipinski definition) is 0. The molecule has 0 amide bonds. The summed E-state index contributed by atoms with van der Waals surface area (Å²) in [5, 5.41) is 13.1. The largest absolute Gasteiger partial charge is 0.0616 e. The van der Waals surface area contributed by atoms with Crippen molar-refractivity contribution in [1.82, 2.24) is 0 Å². The molecule has 0 heteroatoms. The Morgan fingerprint density at radius 3 is 1.46 bits per heavy atom. The first-order chi connectivity index (χ1) is 24.8. The van der Waals surface area contributed by atoms with Gasteiger partial charge in [-0.3, -0.25) is 0 Å². The second kappa shape index (κ2) is 10.5. The number of benzene rings is 10. The molecule has 0 radical (unpaired) electrons. The lowest BCUT2D eigenvalue weighted by Gasteiger charge is -2.16. The topological polar surface area (TPSA) is 0 Å². The monoisotopic (exact) mass is 630 g/mol. The van der Waals surface area contributed by atoms with Gasteiger partial charge in [-0.2, -0.15) is 0 Å². The van der Waals surface area contributed by atoms with Gasteiger partial charge in [-0.25, -0.2) is 0 Å². The van der Waals surface area contributed by atoms with Crippen LogP contribution in [0.25, 0.3) is 109 Å². The molecule has 10 aromatic rings. The summed E-state index contributed by atoms with van der Waals surface area (Å²) in [7, 11) is 0. The molecule has 0 unspecified atom stereocenters. The van der Waals surface area contributed by atoms with Crippen molar-refractivity contribution in [2.24, 2.45) is 0 Å². The fourth-order valence-electron chi connectivity index (χ4n) is 8.71. The number of rotatable bonds is 3. The van der Waals surface area contributed by atoms with Crippen LogP contribution in [-0.2, 0) is 0 Å². The maximum Gasteiger partial charge on any atom is -0.00199 e. The molecule has 0 spiro atoms. The number of fused-ring (bicyclic) bond motifs is 11. The zero-order chi connectivity index (χ0) is 32.8. The molecule has 1 aliphatic carbocycles. The third kappa shape index (κ3) is 3.94. The van der Waals surface area contributed by atoms with E-state index in [1.54, 1.807) is 0 Å². The molecule has 0 heterocycles. The van der Waals surface area contributed by atoms with Crippen molar-refractivity contribution in [2.75, 3.05) is 0 Å². The van der Waals surface area contributed by atoms with E-state index in [2.05, 4.69) is 182 Å². The molecule has 0 fully saturated rings. The molecular formula is C50H30. The minimum absolute atomic E-state index is 1.22. The SMILES string of the molecule is c1cc(-c2ccc(-c3cc4c5c(cccc5c3)-c3ccccc3-4)cc2)cc(-c2cc3c4ccccc4c4ccccc4c3c3ccccc23)c1. The lowest BCUT2D eigenvalue weighted by atomic mass is 9.87. The predicted molar refractivity (Wildman–Crippen MR) is 215 cm³/mol. The first-order valence-corrected chi connectivity index (χ1v) is 17.4. The fraction of sp³-hybridized carbons (Fsp3) is 0. The molecule has 0 aliphatic heterocycles. The standard InChI is InChI=1S/C50H30/c1-3-17-40-37(14-1)38-15-5-7-20-44(38)50-45-21-8-6-19-42(45)46(30-48(40)50)34-12-9-11-33(27-34)31-23-25-32(26-24-31)36-28-35-13-10-22-43-39-16-2-4-18-41(39)47(29-36)49(35)43/h1-30H. The van der Waals surface area contributed by atoms with E-state index in [0.717, 1.165) is 0 Å². The molecule has 11 rings (SSSR count). The summed E-state index contributed by atoms with van der Waals surface area (Å²) in [6, 6.07) is 67.5. The minimum Gasteiger partial charge on any atom is -0.0616 e. The fourth-order valence-corrected chi connectivity index (χ4v) is 8.71. The van der Waals surface area contributed by atoms with E-state index in [9.17, 15) is 0 Å². The van der Waals surface area contributed by atoms with E-state index in [-0.39, 0.29) is 0 Å². The third-order valence-electron chi connectivity index (χ3n) is 11.0. The minimum atomic E-state index is 1.22. The van der Waals surface area contributed by atoms with Crippen LogP contribution < -0.4 is 0 Å². The van der Waals surface area contributed by atoms with Crippen molar-refractivity contribution in [2.45, 2.75) is 0 Å². The Morgan fingerprint density at radius 2 is 0.720 bits per heavy atom. The van der Waals surface area contributed by atoms with Gasteiger partial charge in [-0.1, -0.05) is 158 Å². The van der Waals surface area contributed by atoms with Crippen molar-refractivity contribution in [3.05, 3.63) is 182 Å². The molecule has 0 N–H and O–H groups in total. The molecular weight excluding hydrogens is 601 g/mol. The quantitative estimate of drug-likeness (QED) is 0.170. The van der Waals surface area contributed by atoms with Crippen molar-refractivity contribution < 1.29 is 0 Å². The Morgan fingerprint density at radius 1 is 0.200 bits per heavy atom. The molecule has 0 saturated heterocycles. The summed E-state index contributed by atoms with van der Waals surface area (Å²) in [6.45, 7) is 0. The summed E-state index contributed by atoms with van der Waals surface area (Å²) in [5.74, 6) is 0. The Hall–Kier alpha value is -6.50. The first-order valence-electron chi connectivity index (χ1n) is 17.4. The summed E-state index contributed by atoms with van der Waals surface area (Å²) >= 11 is 0. The van der Waals surface area contributed by atoms with Gasteiger partial charge < -0.3 is 0 Å². The number of hydrogen-bond acceptors (Lipinski definition) is 0. The van der Waals surface area contributed by atoms with E-state index < -0.39 is 0 Å². The molecule has 0 nitrogen and oxygen atoms in total. The van der Waals surface area contributed by atoms with Gasteiger partial charge in [0.1, 0.15) is 0 Å². The zero-order valence-corrected chi connectivity index (χ0v) is 27.3. The van der Waals surface area contributed by atoms with Crippen LogP contribution in [0.15, 0.2) is 182 Å². The molecule has 0 atom stereocenters. The van der Waals surface area contributed by atoms with Crippen LogP contribution in [0.2, 0.25) is 0 Å². The summed E-state index contributed by atoms with van der Waals surface area (Å²) in [6.07, 6.45) is 0. The molecule has 50 heavy (non-hydrogen) atoms. The highest BCUT2D eigenvalue weighted by atomic mass is 14.2. The molecule has 230 valence electrons. The summed E-state index contributed by atoms with van der Waals surface area (Å²) in [4.78, 5) is 0. The van der Waals surface area contributed by atoms with E-state index in [1.165, 1.54) is 109 Å². The third-order valence-corrected chi connectivity index (χ3v) is 11.0. The Balaban J connectivity index is 1.04. The van der Waals surface area contributed by atoms with Gasteiger partial charge in [-0.15, -0.1) is 0 Å². The van der Waals surface area contributed by atoms with Crippen LogP contribution in [0.3, 0.4) is 0 Å². The van der Waals surface area contributed by atoms with Gasteiger partial charge in [-0.05, 0) is 134 Å². The first kappa shape index (κ1) is 27.5. The van der Waals surface area contributed by atoms with Crippen molar-refractivity contribution >= 4 is 53.9 Å². The average Bonchev–Trinajstić information content (AvgIpc) is 3.52. The maximum absolute atomic E-state index is 2.43. The highest BCUT2D eigenvalue weighted by Gasteiger charge is 2.22. The predicted octanol–water partition coefficient (Wildman–Crippen LogP) is 14.1. The molecule has 0 bridgehead atoms. The second-order valence-corrected chi connectivity index (χ2v) is 13.6. The highest BCUT2D eigenvalue weighted by Crippen LogP contribution is 2.49. The van der Waals surface area contributed by atoms with Gasteiger partial charge in [0.25, 0.3) is 0 Å². The van der Waals surface area contributed by atoms with Gasteiger partial charge >= 0.3 is 0 Å². The Bertz CT molecular complexity index is 3020. The highest BCUT2D eigenvalue weighted by molar-refractivity contribution is 6.33. The van der Waals surface area contributed by atoms with Crippen molar-refractivity contribution in [1.29, 1.82) is 0 Å². The van der Waals surface area contributed by atoms with Crippen molar-refractivity contribution in [3.8, 4) is 55.6 Å². The van der Waals surface area contributed by atoms with Gasteiger partial charge in [0, 0.05) is 0 Å². The lowest BCUT2D eigenvalue weighted by molar-refractivity contribution is 1.59. The normalized spacial score (nSPS) is 12.0. The second-order valence-electron chi connectivity index (χ2n) is 13.6. The molecule has 1 aliphatic rings. The van der Waals surface area contributed by atoms with Crippen LogP contribution in [0, 0.1) is 0 Å². The van der Waals surface area contributed by atoms with Crippen LogP contribution in [0.1, 0.15) is 0 Å². The van der Waals surface area contributed by atoms with Crippen LogP contribution in [0.4, 0.5) is 0 Å². The van der Waals surface area contributed by atoms with Crippen LogP contribution >= 0.6 is 0 Å². The van der Waals surface area contributed by atoms with Crippen LogP contribution in [0.5, 0.6) is 0 Å². The van der Waals surface area contributed by atoms with E-state index in [1.807, 2.05) is 0 Å². The van der Waals surface area contributed by atoms with Crippen molar-refractivity contribution in [3.63, 3.8) is 0 Å². The summed E-state index contributed by atoms with van der Waals surface area (Å²) in [5.41, 5.74) is 12.8. The maximum atomic E-state index is 2.43. The Kier molecular flexibility index (Phi) is 5.76. The van der Waals surface area contributed by atoms with E-state index >= 15 is 0 Å². The smallest absolute Gasteiger partial charge is 0.00199 e. The average molecular weight is 631 g/mol. The van der Waals surface area contributed by atoms with E-state index in [0.29, 0.717) is 0 Å².